The summed E-state index contributed by atoms with van der Waals surface area (Å²) in [6, 6.07) is 0.545. The number of rotatable bonds is 7. The predicted octanol–water partition coefficient (Wildman–Crippen LogP) is 0.819. The molecule has 2 aliphatic heterocycles. The Bertz CT molecular complexity index is 597. The molecule has 152 valence electrons. The summed E-state index contributed by atoms with van der Waals surface area (Å²) in [5.41, 5.74) is 1.12. The highest BCUT2D eigenvalue weighted by atomic mass is 16.3. The number of aliphatic hydroxyl groups excluding tert-OH is 1. The Morgan fingerprint density at radius 1 is 1.26 bits per heavy atom. The average Bonchev–Trinajstić information content (AvgIpc) is 3.10. The number of piperidine rings is 1. The van der Waals surface area contributed by atoms with Gasteiger partial charge in [0, 0.05) is 71.1 Å². The third-order valence-electron chi connectivity index (χ3n) is 6.10. The van der Waals surface area contributed by atoms with Crippen LogP contribution >= 0.6 is 0 Å². The number of carbonyl (C=O) groups excluding carboxylic acids is 1. The van der Waals surface area contributed by atoms with Crippen molar-refractivity contribution < 1.29 is 9.90 Å². The largest absolute Gasteiger partial charge is 0.396 e. The molecule has 0 aliphatic carbocycles. The van der Waals surface area contributed by atoms with Crippen LogP contribution in [0.15, 0.2) is 12.4 Å². The Balaban J connectivity index is 1.55. The number of hydrogen-bond donors (Lipinski definition) is 1. The second kappa shape index (κ2) is 9.66. The lowest BCUT2D eigenvalue weighted by molar-refractivity contribution is -0.134. The summed E-state index contributed by atoms with van der Waals surface area (Å²) in [5, 5.41) is 13.6. The van der Waals surface area contributed by atoms with Gasteiger partial charge in [-0.25, -0.2) is 0 Å². The Morgan fingerprint density at radius 2 is 2.04 bits per heavy atom. The van der Waals surface area contributed by atoms with E-state index < -0.39 is 0 Å². The standard InChI is InChI=1S/C20H35N5O2/c1-17-14-21-25(15-17)8-6-20(27)24-7-5-19(18(16-24)4-3-13-26)23-11-9-22(2)10-12-23/h14-15,18-19,26H,3-13,16H2,1-2H3/t18-,19+/m0/s1. The van der Waals surface area contributed by atoms with E-state index in [2.05, 4.69) is 21.9 Å². The van der Waals surface area contributed by atoms with E-state index in [0.29, 0.717) is 24.9 Å². The lowest BCUT2D eigenvalue weighted by Gasteiger charge is -2.46. The number of aromatic nitrogens is 2. The Morgan fingerprint density at radius 3 is 2.70 bits per heavy atom. The monoisotopic (exact) mass is 377 g/mol. The average molecular weight is 378 g/mol. The fourth-order valence-corrected chi connectivity index (χ4v) is 4.48. The maximum absolute atomic E-state index is 12.7. The molecule has 3 rings (SSSR count). The number of carbonyl (C=O) groups is 1. The van der Waals surface area contributed by atoms with Gasteiger partial charge < -0.3 is 14.9 Å². The normalized spacial score (nSPS) is 25.1. The van der Waals surface area contributed by atoms with Crippen molar-refractivity contribution in [2.24, 2.45) is 5.92 Å². The van der Waals surface area contributed by atoms with Crippen molar-refractivity contribution in [3.8, 4) is 0 Å². The van der Waals surface area contributed by atoms with Crippen molar-refractivity contribution in [3.05, 3.63) is 18.0 Å². The summed E-state index contributed by atoms with van der Waals surface area (Å²) in [6.45, 7) is 9.04. The highest BCUT2D eigenvalue weighted by molar-refractivity contribution is 5.76. The third-order valence-corrected chi connectivity index (χ3v) is 6.10. The van der Waals surface area contributed by atoms with Crippen LogP contribution < -0.4 is 0 Å². The number of aliphatic hydroxyl groups is 1. The molecule has 0 radical (unpaired) electrons. The zero-order chi connectivity index (χ0) is 19.2. The van der Waals surface area contributed by atoms with Gasteiger partial charge in [0.05, 0.1) is 6.20 Å². The van der Waals surface area contributed by atoms with Gasteiger partial charge in [0.15, 0.2) is 0 Å². The minimum atomic E-state index is 0.231. The van der Waals surface area contributed by atoms with Gasteiger partial charge in [-0.05, 0) is 44.7 Å². The fraction of sp³-hybridized carbons (Fsp3) is 0.800. The van der Waals surface area contributed by atoms with Gasteiger partial charge in [-0.15, -0.1) is 0 Å². The molecule has 2 atom stereocenters. The minimum Gasteiger partial charge on any atom is -0.396 e. The van der Waals surface area contributed by atoms with Gasteiger partial charge in [-0.2, -0.15) is 5.10 Å². The Labute approximate surface area is 162 Å². The van der Waals surface area contributed by atoms with Gasteiger partial charge in [0.25, 0.3) is 0 Å². The van der Waals surface area contributed by atoms with Crippen LogP contribution in [0.4, 0.5) is 0 Å². The van der Waals surface area contributed by atoms with Crippen LogP contribution in [-0.2, 0) is 11.3 Å². The quantitative estimate of drug-likeness (QED) is 0.762. The first kappa shape index (κ1) is 20.3. The summed E-state index contributed by atoms with van der Waals surface area (Å²) < 4.78 is 1.85. The van der Waals surface area contributed by atoms with E-state index in [-0.39, 0.29) is 12.5 Å². The zero-order valence-electron chi connectivity index (χ0n) is 16.9. The Hall–Kier alpha value is -1.44. The first-order chi connectivity index (χ1) is 13.1. The van der Waals surface area contributed by atoms with Crippen LogP contribution in [-0.4, -0.2) is 94.5 Å². The van der Waals surface area contributed by atoms with E-state index in [9.17, 15) is 9.90 Å². The topological polar surface area (TPSA) is 64.8 Å². The lowest BCUT2D eigenvalue weighted by atomic mass is 9.86. The molecular weight excluding hydrogens is 342 g/mol. The minimum absolute atomic E-state index is 0.231. The highest BCUT2D eigenvalue weighted by Crippen LogP contribution is 2.27. The number of nitrogens with zero attached hydrogens (tertiary/aromatic N) is 5. The van der Waals surface area contributed by atoms with Gasteiger partial charge >= 0.3 is 0 Å². The fourth-order valence-electron chi connectivity index (χ4n) is 4.48. The van der Waals surface area contributed by atoms with Crippen LogP contribution in [0.25, 0.3) is 0 Å². The second-order valence-corrected chi connectivity index (χ2v) is 8.19. The summed E-state index contributed by atoms with van der Waals surface area (Å²) in [7, 11) is 2.18. The summed E-state index contributed by atoms with van der Waals surface area (Å²) in [4.78, 5) is 19.8. The molecule has 0 spiro atoms. The molecule has 0 saturated carbocycles. The van der Waals surface area contributed by atoms with Gasteiger partial charge in [0.1, 0.15) is 0 Å². The van der Waals surface area contributed by atoms with Crippen molar-refractivity contribution in [2.45, 2.75) is 45.2 Å². The summed E-state index contributed by atoms with van der Waals surface area (Å²) in [5.74, 6) is 0.694. The predicted molar refractivity (Wildman–Crippen MR) is 105 cm³/mol. The number of hydrogen-bond acceptors (Lipinski definition) is 5. The molecule has 7 heteroatoms. The lowest BCUT2D eigenvalue weighted by Crippen LogP contribution is -2.57. The maximum atomic E-state index is 12.7. The molecule has 27 heavy (non-hydrogen) atoms. The molecule has 1 aromatic rings. The molecule has 1 aromatic heterocycles. The van der Waals surface area contributed by atoms with Crippen molar-refractivity contribution in [1.82, 2.24) is 24.5 Å². The first-order valence-electron chi connectivity index (χ1n) is 10.4. The molecule has 0 unspecified atom stereocenters. The van der Waals surface area contributed by atoms with E-state index in [1.165, 1.54) is 0 Å². The number of likely N-dealkylation sites (tertiary alicyclic amines) is 1. The first-order valence-corrected chi connectivity index (χ1v) is 10.4. The van der Waals surface area contributed by atoms with E-state index in [1.807, 2.05) is 28.9 Å². The van der Waals surface area contributed by atoms with E-state index in [0.717, 1.165) is 64.1 Å². The number of aryl methyl sites for hydroxylation is 2. The number of likely N-dealkylation sites (N-methyl/N-ethyl adjacent to an activating group) is 1. The second-order valence-electron chi connectivity index (χ2n) is 8.19. The molecule has 2 saturated heterocycles. The van der Waals surface area contributed by atoms with Gasteiger partial charge in [-0.1, -0.05) is 0 Å². The van der Waals surface area contributed by atoms with Crippen LogP contribution in [0.5, 0.6) is 0 Å². The van der Waals surface area contributed by atoms with Gasteiger partial charge in [0.2, 0.25) is 5.91 Å². The molecule has 1 N–H and O–H groups in total. The number of piperazine rings is 1. The van der Waals surface area contributed by atoms with E-state index >= 15 is 0 Å². The third kappa shape index (κ3) is 5.53. The molecule has 3 heterocycles. The van der Waals surface area contributed by atoms with E-state index in [4.69, 9.17) is 0 Å². The Kier molecular flexibility index (Phi) is 7.26. The molecule has 7 nitrogen and oxygen atoms in total. The number of amides is 1. The molecular formula is C20H35N5O2. The SMILES string of the molecule is Cc1cnn(CCC(=O)N2CC[C@@H](N3CCN(C)CC3)[C@@H](CCCO)C2)c1. The van der Waals surface area contributed by atoms with Crippen molar-refractivity contribution >= 4 is 5.91 Å². The van der Waals surface area contributed by atoms with E-state index in [1.54, 1.807) is 0 Å². The smallest absolute Gasteiger partial charge is 0.224 e. The van der Waals surface area contributed by atoms with Crippen LogP contribution in [0.2, 0.25) is 0 Å². The summed E-state index contributed by atoms with van der Waals surface area (Å²) in [6.07, 6.45) is 7.19. The summed E-state index contributed by atoms with van der Waals surface area (Å²) >= 11 is 0. The molecule has 0 aromatic carbocycles. The maximum Gasteiger partial charge on any atom is 0.224 e. The van der Waals surface area contributed by atoms with Crippen molar-refractivity contribution in [2.75, 3.05) is 52.9 Å². The van der Waals surface area contributed by atoms with Crippen molar-refractivity contribution in [3.63, 3.8) is 0 Å². The van der Waals surface area contributed by atoms with Crippen LogP contribution in [0.1, 0.15) is 31.2 Å². The van der Waals surface area contributed by atoms with Crippen LogP contribution in [0.3, 0.4) is 0 Å². The molecule has 0 bridgehead atoms. The zero-order valence-corrected chi connectivity index (χ0v) is 16.9. The molecule has 2 aliphatic rings. The van der Waals surface area contributed by atoms with Crippen LogP contribution in [0, 0.1) is 12.8 Å². The highest BCUT2D eigenvalue weighted by Gasteiger charge is 2.35. The molecule has 2 fully saturated rings. The van der Waals surface area contributed by atoms with Crippen molar-refractivity contribution in [1.29, 1.82) is 0 Å². The van der Waals surface area contributed by atoms with Gasteiger partial charge in [-0.3, -0.25) is 14.4 Å². The molecule has 1 amide bonds.